The first kappa shape index (κ1) is 18.2. The van der Waals surface area contributed by atoms with Crippen LogP contribution in [0, 0.1) is 0 Å². The van der Waals surface area contributed by atoms with Crippen molar-refractivity contribution in [2.45, 2.75) is 11.8 Å². The van der Waals surface area contributed by atoms with Gasteiger partial charge in [0.1, 0.15) is 0 Å². The molecule has 0 aromatic heterocycles. The van der Waals surface area contributed by atoms with Gasteiger partial charge in [-0.2, -0.15) is 4.31 Å². The summed E-state index contributed by atoms with van der Waals surface area (Å²) >= 11 is 0. The van der Waals surface area contributed by atoms with Crippen molar-refractivity contribution in [3.8, 4) is 0 Å². The zero-order valence-corrected chi connectivity index (χ0v) is 14.4. The maximum atomic E-state index is 12.6. The smallest absolute Gasteiger partial charge is 0.251 e. The number of piperazine rings is 1. The normalized spacial score (nSPS) is 15.8. The van der Waals surface area contributed by atoms with E-state index in [0.717, 1.165) is 0 Å². The molecule has 0 saturated carbocycles. The fourth-order valence-electron chi connectivity index (χ4n) is 2.44. The molecule has 1 aliphatic heterocycles. The minimum absolute atomic E-state index is 0.0538. The second kappa shape index (κ2) is 7.59. The van der Waals surface area contributed by atoms with Gasteiger partial charge < -0.3 is 10.2 Å². The van der Waals surface area contributed by atoms with E-state index in [4.69, 9.17) is 0 Å². The van der Waals surface area contributed by atoms with Crippen molar-refractivity contribution >= 4 is 21.8 Å². The van der Waals surface area contributed by atoms with Crippen LogP contribution in [0.5, 0.6) is 0 Å². The first-order chi connectivity index (χ1) is 11.4. The molecule has 2 amide bonds. The predicted octanol–water partition coefficient (Wildman–Crippen LogP) is 0.455. The molecule has 1 aromatic carbocycles. The Morgan fingerprint density at radius 2 is 1.75 bits per heavy atom. The highest BCUT2D eigenvalue weighted by atomic mass is 32.2. The van der Waals surface area contributed by atoms with E-state index in [2.05, 4.69) is 11.9 Å². The topological polar surface area (TPSA) is 86.8 Å². The Balaban J connectivity index is 2.09. The zero-order valence-electron chi connectivity index (χ0n) is 13.6. The van der Waals surface area contributed by atoms with Gasteiger partial charge in [0.05, 0.1) is 4.90 Å². The lowest BCUT2D eigenvalue weighted by Crippen LogP contribution is -2.49. The number of carbonyl (C=O) groups excluding carboxylic acids is 2. The molecule has 0 bridgehead atoms. The highest BCUT2D eigenvalue weighted by Gasteiger charge is 2.29. The average molecular weight is 351 g/mol. The van der Waals surface area contributed by atoms with E-state index in [1.54, 1.807) is 11.0 Å². The van der Waals surface area contributed by atoms with Gasteiger partial charge in [0.25, 0.3) is 5.91 Å². The lowest BCUT2D eigenvalue weighted by atomic mass is 10.2. The SMILES string of the molecule is C=CCNC(=O)c1ccc(S(=O)(=O)N2CCN(C(C)=O)CC2)cc1. The second-order valence-corrected chi connectivity index (χ2v) is 7.37. The van der Waals surface area contributed by atoms with Crippen molar-refractivity contribution < 1.29 is 18.0 Å². The Morgan fingerprint density at radius 3 is 2.25 bits per heavy atom. The standard InChI is InChI=1S/C16H21N3O4S/c1-3-8-17-16(21)14-4-6-15(7-5-14)24(22,23)19-11-9-18(10-12-19)13(2)20/h3-7H,1,8-12H2,2H3,(H,17,21). The summed E-state index contributed by atoms with van der Waals surface area (Å²) < 4.78 is 26.6. The second-order valence-electron chi connectivity index (χ2n) is 5.43. The maximum Gasteiger partial charge on any atom is 0.251 e. The van der Waals surface area contributed by atoms with Gasteiger partial charge in [-0.3, -0.25) is 9.59 Å². The van der Waals surface area contributed by atoms with Crippen LogP contribution in [0.1, 0.15) is 17.3 Å². The van der Waals surface area contributed by atoms with Crippen LogP contribution >= 0.6 is 0 Å². The molecule has 0 unspecified atom stereocenters. The molecule has 130 valence electrons. The molecule has 0 spiro atoms. The fraction of sp³-hybridized carbons (Fsp3) is 0.375. The fourth-order valence-corrected chi connectivity index (χ4v) is 3.86. The summed E-state index contributed by atoms with van der Waals surface area (Å²) in [5.41, 5.74) is 0.386. The summed E-state index contributed by atoms with van der Waals surface area (Å²) in [6, 6.07) is 5.82. The van der Waals surface area contributed by atoms with E-state index in [0.29, 0.717) is 25.2 Å². The van der Waals surface area contributed by atoms with Gasteiger partial charge >= 0.3 is 0 Å². The molecule has 1 saturated heterocycles. The summed E-state index contributed by atoms with van der Waals surface area (Å²) in [7, 11) is -3.62. The van der Waals surface area contributed by atoms with E-state index in [-0.39, 0.29) is 29.8 Å². The van der Waals surface area contributed by atoms with Crippen LogP contribution in [0.25, 0.3) is 0 Å². The molecule has 7 nitrogen and oxygen atoms in total. The van der Waals surface area contributed by atoms with Crippen LogP contribution in [-0.2, 0) is 14.8 Å². The van der Waals surface area contributed by atoms with Gasteiger partial charge in [-0.05, 0) is 24.3 Å². The Morgan fingerprint density at radius 1 is 1.17 bits per heavy atom. The monoisotopic (exact) mass is 351 g/mol. The molecule has 1 heterocycles. The third kappa shape index (κ3) is 4.01. The van der Waals surface area contributed by atoms with Gasteiger partial charge in [0, 0.05) is 45.2 Å². The highest BCUT2D eigenvalue weighted by Crippen LogP contribution is 2.18. The van der Waals surface area contributed by atoms with Crippen molar-refractivity contribution in [1.82, 2.24) is 14.5 Å². The molecule has 1 N–H and O–H groups in total. The number of rotatable bonds is 5. The number of nitrogens with one attached hydrogen (secondary N) is 1. The van der Waals surface area contributed by atoms with E-state index < -0.39 is 10.0 Å². The number of nitrogens with zero attached hydrogens (tertiary/aromatic N) is 2. The molecule has 0 aliphatic carbocycles. The lowest BCUT2D eigenvalue weighted by Gasteiger charge is -2.33. The van der Waals surface area contributed by atoms with Crippen LogP contribution in [0.3, 0.4) is 0 Å². The minimum Gasteiger partial charge on any atom is -0.349 e. The van der Waals surface area contributed by atoms with Crippen LogP contribution in [0.15, 0.2) is 41.8 Å². The van der Waals surface area contributed by atoms with Gasteiger partial charge in [0.2, 0.25) is 15.9 Å². The summed E-state index contributed by atoms with van der Waals surface area (Å²) in [4.78, 5) is 24.9. The molecule has 2 rings (SSSR count). The molecular weight excluding hydrogens is 330 g/mol. The van der Waals surface area contributed by atoms with Crippen LogP contribution in [-0.4, -0.2) is 62.2 Å². The molecule has 1 aliphatic rings. The Kier molecular flexibility index (Phi) is 5.74. The van der Waals surface area contributed by atoms with Gasteiger partial charge in [-0.15, -0.1) is 6.58 Å². The number of carbonyl (C=O) groups is 2. The van der Waals surface area contributed by atoms with Gasteiger partial charge in [0.15, 0.2) is 0 Å². The van der Waals surface area contributed by atoms with Crippen molar-refractivity contribution in [3.05, 3.63) is 42.5 Å². The predicted molar refractivity (Wildman–Crippen MR) is 90.0 cm³/mol. The van der Waals surface area contributed by atoms with E-state index in [9.17, 15) is 18.0 Å². The van der Waals surface area contributed by atoms with Crippen LogP contribution < -0.4 is 5.32 Å². The number of benzene rings is 1. The first-order valence-electron chi connectivity index (χ1n) is 7.61. The largest absolute Gasteiger partial charge is 0.349 e. The number of sulfonamides is 1. The Hall–Kier alpha value is -2.19. The van der Waals surface area contributed by atoms with Gasteiger partial charge in [-0.25, -0.2) is 8.42 Å². The Bertz CT molecular complexity index is 720. The van der Waals surface area contributed by atoms with E-state index >= 15 is 0 Å². The maximum absolute atomic E-state index is 12.6. The number of amides is 2. The van der Waals surface area contributed by atoms with E-state index in [1.165, 1.54) is 35.5 Å². The average Bonchev–Trinajstić information content (AvgIpc) is 2.59. The third-order valence-corrected chi connectivity index (χ3v) is 5.76. The van der Waals surface area contributed by atoms with Crippen molar-refractivity contribution in [3.63, 3.8) is 0 Å². The number of hydrogen-bond donors (Lipinski definition) is 1. The zero-order chi connectivity index (χ0) is 17.7. The molecule has 24 heavy (non-hydrogen) atoms. The summed E-state index contributed by atoms with van der Waals surface area (Å²) in [5.74, 6) is -0.337. The van der Waals surface area contributed by atoms with Crippen LogP contribution in [0.4, 0.5) is 0 Å². The van der Waals surface area contributed by atoms with Crippen molar-refractivity contribution in [2.24, 2.45) is 0 Å². The van der Waals surface area contributed by atoms with Crippen molar-refractivity contribution in [1.29, 1.82) is 0 Å². The Labute approximate surface area is 142 Å². The molecular formula is C16H21N3O4S. The van der Waals surface area contributed by atoms with Crippen LogP contribution in [0.2, 0.25) is 0 Å². The first-order valence-corrected chi connectivity index (χ1v) is 9.05. The highest BCUT2D eigenvalue weighted by molar-refractivity contribution is 7.89. The summed E-state index contributed by atoms with van der Waals surface area (Å²) in [5, 5.41) is 2.63. The lowest BCUT2D eigenvalue weighted by molar-refractivity contribution is -0.129. The minimum atomic E-state index is -3.62. The van der Waals surface area contributed by atoms with E-state index in [1.807, 2.05) is 0 Å². The summed E-state index contributed by atoms with van der Waals surface area (Å²) in [6.07, 6.45) is 1.57. The quantitative estimate of drug-likeness (QED) is 0.781. The van der Waals surface area contributed by atoms with Gasteiger partial charge in [-0.1, -0.05) is 6.08 Å². The summed E-state index contributed by atoms with van der Waals surface area (Å²) in [6.45, 7) is 6.64. The molecule has 1 fully saturated rings. The molecule has 0 atom stereocenters. The molecule has 1 aromatic rings. The molecule has 0 radical (unpaired) electrons. The number of hydrogen-bond acceptors (Lipinski definition) is 4. The molecule has 8 heteroatoms. The third-order valence-electron chi connectivity index (χ3n) is 3.85. The van der Waals surface area contributed by atoms with Crippen molar-refractivity contribution in [2.75, 3.05) is 32.7 Å².